The molecule has 0 unspecified atom stereocenters. The minimum Gasteiger partial charge on any atom is -0.478 e. The number of hydrogen-bond acceptors (Lipinski definition) is 2. The van der Waals surface area contributed by atoms with E-state index < -0.39 is 5.97 Å². The van der Waals surface area contributed by atoms with Crippen LogP contribution in [0.25, 0.3) is 0 Å². The average molecular weight is 262 g/mol. The first-order chi connectivity index (χ1) is 9.29. The summed E-state index contributed by atoms with van der Waals surface area (Å²) < 4.78 is 5.59. The smallest absolute Gasteiger partial charge is 0.327 e. The van der Waals surface area contributed by atoms with E-state index in [9.17, 15) is 4.79 Å². The molecular weight excluding hydrogens is 240 g/mol. The number of unbranched alkanes of at least 4 members (excludes halogenated alkanes) is 4. The van der Waals surface area contributed by atoms with Gasteiger partial charge in [-0.2, -0.15) is 0 Å². The second kappa shape index (κ2) is 10.3. The molecule has 1 aromatic rings. The molecule has 0 aliphatic carbocycles. The van der Waals surface area contributed by atoms with Crippen molar-refractivity contribution in [1.29, 1.82) is 0 Å². The van der Waals surface area contributed by atoms with Crippen LogP contribution in [-0.4, -0.2) is 17.7 Å². The summed E-state index contributed by atoms with van der Waals surface area (Å²) in [7, 11) is 0. The molecule has 0 heterocycles. The second-order valence-corrected chi connectivity index (χ2v) is 4.48. The molecule has 1 aromatic carbocycles. The van der Waals surface area contributed by atoms with Crippen molar-refractivity contribution in [1.82, 2.24) is 0 Å². The SMILES string of the molecule is O=C(O)/C=C/CCCCCCOCc1ccccc1. The van der Waals surface area contributed by atoms with E-state index in [1.54, 1.807) is 6.08 Å². The zero-order valence-electron chi connectivity index (χ0n) is 11.3. The third kappa shape index (κ3) is 9.03. The summed E-state index contributed by atoms with van der Waals surface area (Å²) in [5, 5.41) is 8.40. The van der Waals surface area contributed by atoms with Crippen LogP contribution in [-0.2, 0) is 16.1 Å². The van der Waals surface area contributed by atoms with Crippen LogP contribution in [0.4, 0.5) is 0 Å². The van der Waals surface area contributed by atoms with Gasteiger partial charge < -0.3 is 9.84 Å². The first-order valence-corrected chi connectivity index (χ1v) is 6.80. The molecule has 0 saturated carbocycles. The van der Waals surface area contributed by atoms with Gasteiger partial charge in [-0.3, -0.25) is 0 Å². The van der Waals surface area contributed by atoms with Crippen LogP contribution < -0.4 is 0 Å². The predicted octanol–water partition coefficient (Wildman–Crippen LogP) is 3.79. The summed E-state index contributed by atoms with van der Waals surface area (Å²) in [5.41, 5.74) is 1.21. The van der Waals surface area contributed by atoms with Crippen molar-refractivity contribution in [2.45, 2.75) is 38.7 Å². The highest BCUT2D eigenvalue weighted by Crippen LogP contribution is 2.05. The lowest BCUT2D eigenvalue weighted by molar-refractivity contribution is -0.131. The predicted molar refractivity (Wildman–Crippen MR) is 76.0 cm³/mol. The minimum atomic E-state index is -0.866. The lowest BCUT2D eigenvalue weighted by Gasteiger charge is -2.04. The lowest BCUT2D eigenvalue weighted by atomic mass is 10.1. The summed E-state index contributed by atoms with van der Waals surface area (Å²) in [4.78, 5) is 10.2. The summed E-state index contributed by atoms with van der Waals surface area (Å²) in [6.07, 6.45) is 8.14. The molecule has 19 heavy (non-hydrogen) atoms. The number of carbonyl (C=O) groups is 1. The van der Waals surface area contributed by atoms with Gasteiger partial charge >= 0.3 is 5.97 Å². The molecule has 3 heteroatoms. The Hall–Kier alpha value is -1.61. The summed E-state index contributed by atoms with van der Waals surface area (Å²) >= 11 is 0. The number of hydrogen-bond donors (Lipinski definition) is 1. The first kappa shape index (κ1) is 15.4. The van der Waals surface area contributed by atoms with E-state index in [2.05, 4.69) is 12.1 Å². The number of carboxylic acid groups (broad SMARTS) is 1. The molecule has 0 atom stereocenters. The molecule has 0 aliphatic heterocycles. The standard InChI is InChI=1S/C16H22O3/c17-16(18)12-8-3-1-2-4-9-13-19-14-15-10-6-5-7-11-15/h5-8,10-12H,1-4,9,13-14H2,(H,17,18)/b12-8+. The van der Waals surface area contributed by atoms with Crippen LogP contribution in [0.3, 0.4) is 0 Å². The van der Waals surface area contributed by atoms with Crippen molar-refractivity contribution in [2.75, 3.05) is 6.61 Å². The maximum absolute atomic E-state index is 10.2. The Morgan fingerprint density at radius 1 is 1.11 bits per heavy atom. The van der Waals surface area contributed by atoms with Gasteiger partial charge in [-0.05, 0) is 24.8 Å². The molecular formula is C16H22O3. The van der Waals surface area contributed by atoms with Gasteiger partial charge in [0.2, 0.25) is 0 Å². The first-order valence-electron chi connectivity index (χ1n) is 6.80. The molecule has 0 bridgehead atoms. The molecule has 0 saturated heterocycles. The number of aliphatic carboxylic acids is 1. The van der Waals surface area contributed by atoms with E-state index in [0.29, 0.717) is 6.61 Å². The summed E-state index contributed by atoms with van der Waals surface area (Å²) in [6, 6.07) is 10.2. The Labute approximate surface area is 114 Å². The van der Waals surface area contributed by atoms with E-state index in [-0.39, 0.29) is 0 Å². The van der Waals surface area contributed by atoms with Crippen LogP contribution in [0, 0.1) is 0 Å². The molecule has 104 valence electrons. The maximum Gasteiger partial charge on any atom is 0.327 e. The normalized spacial score (nSPS) is 10.9. The monoisotopic (exact) mass is 262 g/mol. The van der Waals surface area contributed by atoms with Crippen LogP contribution in [0.2, 0.25) is 0 Å². The van der Waals surface area contributed by atoms with Crippen molar-refractivity contribution in [3.63, 3.8) is 0 Å². The lowest BCUT2D eigenvalue weighted by Crippen LogP contribution is -1.95. The zero-order valence-corrected chi connectivity index (χ0v) is 11.3. The van der Waals surface area contributed by atoms with Crippen molar-refractivity contribution in [3.8, 4) is 0 Å². The van der Waals surface area contributed by atoms with E-state index in [1.807, 2.05) is 18.2 Å². The Balaban J connectivity index is 1.88. The third-order valence-electron chi connectivity index (χ3n) is 2.78. The van der Waals surface area contributed by atoms with Crippen LogP contribution in [0.5, 0.6) is 0 Å². The summed E-state index contributed by atoms with van der Waals surface area (Å²) in [5.74, 6) is -0.866. The fourth-order valence-electron chi connectivity index (χ4n) is 1.77. The van der Waals surface area contributed by atoms with Gasteiger partial charge in [0, 0.05) is 12.7 Å². The Kier molecular flexibility index (Phi) is 8.39. The molecule has 1 rings (SSSR count). The molecule has 0 radical (unpaired) electrons. The van der Waals surface area contributed by atoms with Gasteiger partial charge in [-0.1, -0.05) is 49.2 Å². The molecule has 1 N–H and O–H groups in total. The van der Waals surface area contributed by atoms with Crippen molar-refractivity contribution in [2.24, 2.45) is 0 Å². The average Bonchev–Trinajstić information content (AvgIpc) is 2.42. The fourth-order valence-corrected chi connectivity index (χ4v) is 1.77. The Morgan fingerprint density at radius 3 is 2.58 bits per heavy atom. The van der Waals surface area contributed by atoms with Crippen molar-refractivity contribution < 1.29 is 14.6 Å². The highest BCUT2D eigenvalue weighted by atomic mass is 16.5. The topological polar surface area (TPSA) is 46.5 Å². The molecule has 0 fully saturated rings. The Morgan fingerprint density at radius 2 is 1.84 bits per heavy atom. The molecule has 3 nitrogen and oxygen atoms in total. The van der Waals surface area contributed by atoms with Crippen LogP contribution >= 0.6 is 0 Å². The molecule has 0 amide bonds. The second-order valence-electron chi connectivity index (χ2n) is 4.48. The third-order valence-corrected chi connectivity index (χ3v) is 2.78. The number of benzene rings is 1. The number of carboxylic acids is 1. The van der Waals surface area contributed by atoms with Gasteiger partial charge in [0.05, 0.1) is 6.61 Å². The highest BCUT2D eigenvalue weighted by Gasteiger charge is 1.93. The van der Waals surface area contributed by atoms with Crippen LogP contribution in [0.15, 0.2) is 42.5 Å². The van der Waals surface area contributed by atoms with Gasteiger partial charge in [-0.25, -0.2) is 4.79 Å². The van der Waals surface area contributed by atoms with E-state index >= 15 is 0 Å². The van der Waals surface area contributed by atoms with Crippen LogP contribution in [0.1, 0.15) is 37.7 Å². The molecule has 0 spiro atoms. The quantitative estimate of drug-likeness (QED) is 0.515. The highest BCUT2D eigenvalue weighted by molar-refractivity contribution is 5.79. The number of ether oxygens (including phenoxy) is 1. The Bertz CT molecular complexity index is 371. The van der Waals surface area contributed by atoms with Gasteiger partial charge in [-0.15, -0.1) is 0 Å². The van der Waals surface area contributed by atoms with E-state index in [4.69, 9.17) is 9.84 Å². The van der Waals surface area contributed by atoms with Crippen molar-refractivity contribution in [3.05, 3.63) is 48.0 Å². The van der Waals surface area contributed by atoms with Gasteiger partial charge in [0.25, 0.3) is 0 Å². The van der Waals surface area contributed by atoms with E-state index in [0.717, 1.165) is 38.7 Å². The zero-order chi connectivity index (χ0) is 13.8. The molecule has 0 aliphatic rings. The van der Waals surface area contributed by atoms with Gasteiger partial charge in [0.1, 0.15) is 0 Å². The largest absolute Gasteiger partial charge is 0.478 e. The van der Waals surface area contributed by atoms with Crippen molar-refractivity contribution >= 4 is 5.97 Å². The number of rotatable bonds is 10. The van der Waals surface area contributed by atoms with Gasteiger partial charge in [0.15, 0.2) is 0 Å². The maximum atomic E-state index is 10.2. The summed E-state index contributed by atoms with van der Waals surface area (Å²) in [6.45, 7) is 1.47. The number of allylic oxidation sites excluding steroid dienone is 1. The van der Waals surface area contributed by atoms with E-state index in [1.165, 1.54) is 11.6 Å². The minimum absolute atomic E-state index is 0.683. The molecule has 0 aromatic heterocycles. The fraction of sp³-hybridized carbons (Fsp3) is 0.438.